The molecule has 2 atom stereocenters. The van der Waals surface area contributed by atoms with Crippen molar-refractivity contribution in [3.63, 3.8) is 0 Å². The van der Waals surface area contributed by atoms with Crippen molar-refractivity contribution in [2.75, 3.05) is 33.4 Å². The van der Waals surface area contributed by atoms with Crippen LogP contribution in [0, 0.1) is 5.92 Å². The van der Waals surface area contributed by atoms with E-state index in [2.05, 4.69) is 11.9 Å². The lowest BCUT2D eigenvalue weighted by atomic mass is 10.0. The fourth-order valence-electron chi connectivity index (χ4n) is 2.75. The lowest BCUT2D eigenvalue weighted by Gasteiger charge is -2.27. The van der Waals surface area contributed by atoms with E-state index in [0.29, 0.717) is 5.92 Å². The van der Waals surface area contributed by atoms with Gasteiger partial charge in [0.1, 0.15) is 0 Å². The van der Waals surface area contributed by atoms with Crippen LogP contribution < -0.4 is 5.73 Å². The van der Waals surface area contributed by atoms with E-state index in [4.69, 9.17) is 22.1 Å². The van der Waals surface area contributed by atoms with Gasteiger partial charge in [0.15, 0.2) is 0 Å². The van der Waals surface area contributed by atoms with Crippen molar-refractivity contribution in [2.45, 2.75) is 25.3 Å². The van der Waals surface area contributed by atoms with E-state index in [1.165, 1.54) is 12.8 Å². The first-order valence-electron chi connectivity index (χ1n) is 7.42. The Balaban J connectivity index is 1.73. The second-order valence-electron chi connectivity index (χ2n) is 5.80. The summed E-state index contributed by atoms with van der Waals surface area (Å²) >= 11 is 6.00. The highest BCUT2D eigenvalue weighted by Crippen LogP contribution is 2.19. The molecule has 2 N–H and O–H groups in total. The molecule has 20 heavy (non-hydrogen) atoms. The maximum absolute atomic E-state index is 6.24. The third-order valence-corrected chi connectivity index (χ3v) is 4.16. The molecule has 0 radical (unpaired) electrons. The number of halogens is 1. The van der Waals surface area contributed by atoms with Crippen LogP contribution in [0.2, 0.25) is 5.02 Å². The fraction of sp³-hybridized carbons (Fsp3) is 0.625. The molecule has 1 aliphatic heterocycles. The number of nitrogens with two attached hydrogens (primary N) is 1. The van der Waals surface area contributed by atoms with E-state index in [1.54, 1.807) is 0 Å². The molecule has 4 heteroatoms. The normalized spacial score (nSPS) is 21.1. The Kier molecular flexibility index (Phi) is 6.30. The number of hydrogen-bond acceptors (Lipinski definition) is 3. The number of rotatable bonds is 6. The molecule has 0 bridgehead atoms. The molecule has 0 spiro atoms. The molecule has 1 heterocycles. The van der Waals surface area contributed by atoms with Gasteiger partial charge < -0.3 is 15.4 Å². The molecule has 0 aliphatic carbocycles. The zero-order chi connectivity index (χ0) is 14.4. The van der Waals surface area contributed by atoms with Gasteiger partial charge in [-0.3, -0.25) is 0 Å². The fourth-order valence-corrected chi connectivity index (χ4v) is 2.95. The van der Waals surface area contributed by atoms with Gasteiger partial charge in [0.25, 0.3) is 0 Å². The Labute approximate surface area is 127 Å². The molecule has 2 unspecified atom stereocenters. The Morgan fingerprint density at radius 3 is 3.05 bits per heavy atom. The van der Waals surface area contributed by atoms with Gasteiger partial charge >= 0.3 is 0 Å². The zero-order valence-corrected chi connectivity index (χ0v) is 13.0. The van der Waals surface area contributed by atoms with Gasteiger partial charge in [-0.05, 0) is 56.5 Å². The van der Waals surface area contributed by atoms with Crippen molar-refractivity contribution in [3.05, 3.63) is 34.9 Å². The van der Waals surface area contributed by atoms with Gasteiger partial charge in [-0.1, -0.05) is 23.7 Å². The lowest BCUT2D eigenvalue weighted by Crippen LogP contribution is -2.32. The molecule has 2 rings (SSSR count). The minimum absolute atomic E-state index is 0.0544. The number of benzene rings is 1. The first-order chi connectivity index (χ1) is 9.65. The zero-order valence-electron chi connectivity index (χ0n) is 12.2. The smallest absolute Gasteiger partial charge is 0.0506 e. The summed E-state index contributed by atoms with van der Waals surface area (Å²) in [5.41, 5.74) is 7.35. The third-order valence-electron chi connectivity index (χ3n) is 3.92. The van der Waals surface area contributed by atoms with E-state index in [0.717, 1.165) is 43.3 Å². The lowest BCUT2D eigenvalue weighted by molar-refractivity contribution is 0.0417. The molecule has 0 aromatic heterocycles. The van der Waals surface area contributed by atoms with Crippen LogP contribution in [-0.4, -0.2) is 38.3 Å². The molecule has 1 aromatic carbocycles. The number of hydrogen-bond donors (Lipinski definition) is 1. The average Bonchev–Trinajstić information content (AvgIpc) is 2.46. The van der Waals surface area contributed by atoms with Crippen LogP contribution in [0.15, 0.2) is 24.3 Å². The number of nitrogens with zero attached hydrogens (tertiary/aromatic N) is 1. The van der Waals surface area contributed by atoms with Crippen molar-refractivity contribution in [1.82, 2.24) is 4.90 Å². The van der Waals surface area contributed by atoms with Gasteiger partial charge in [0.05, 0.1) is 6.61 Å². The molecule has 3 nitrogen and oxygen atoms in total. The van der Waals surface area contributed by atoms with Crippen molar-refractivity contribution in [1.29, 1.82) is 0 Å². The van der Waals surface area contributed by atoms with Gasteiger partial charge in [-0.25, -0.2) is 0 Å². The van der Waals surface area contributed by atoms with Crippen molar-refractivity contribution in [3.8, 4) is 0 Å². The summed E-state index contributed by atoms with van der Waals surface area (Å²) in [6.45, 7) is 3.94. The largest absolute Gasteiger partial charge is 0.381 e. The van der Waals surface area contributed by atoms with Crippen molar-refractivity contribution in [2.24, 2.45) is 11.7 Å². The maximum atomic E-state index is 6.24. The van der Waals surface area contributed by atoms with Crippen LogP contribution in [0.5, 0.6) is 0 Å². The quantitative estimate of drug-likeness (QED) is 0.877. The van der Waals surface area contributed by atoms with Crippen LogP contribution in [0.3, 0.4) is 0 Å². The second-order valence-corrected chi connectivity index (χ2v) is 6.23. The molecule has 1 aromatic rings. The van der Waals surface area contributed by atoms with E-state index < -0.39 is 0 Å². The standard InChI is InChI=1S/C16H25ClN2O/c1-19(11-13-4-3-9-20-12-13)8-7-16(18)14-5-2-6-15(17)10-14/h2,5-6,10,13,16H,3-4,7-9,11-12,18H2,1H3. The summed E-state index contributed by atoms with van der Waals surface area (Å²) in [7, 11) is 2.17. The highest BCUT2D eigenvalue weighted by molar-refractivity contribution is 6.30. The molecule has 0 saturated carbocycles. The van der Waals surface area contributed by atoms with E-state index in [9.17, 15) is 0 Å². The molecule has 0 amide bonds. The molecule has 1 fully saturated rings. The Morgan fingerprint density at radius 1 is 1.50 bits per heavy atom. The Morgan fingerprint density at radius 2 is 2.35 bits per heavy atom. The van der Waals surface area contributed by atoms with Crippen LogP contribution in [-0.2, 0) is 4.74 Å². The monoisotopic (exact) mass is 296 g/mol. The minimum Gasteiger partial charge on any atom is -0.381 e. The van der Waals surface area contributed by atoms with Gasteiger partial charge in [0.2, 0.25) is 0 Å². The molecule has 1 aliphatic rings. The van der Waals surface area contributed by atoms with Crippen LogP contribution in [0.4, 0.5) is 0 Å². The third kappa shape index (κ3) is 5.06. The Hall–Kier alpha value is -0.610. The van der Waals surface area contributed by atoms with Crippen LogP contribution in [0.1, 0.15) is 30.9 Å². The highest BCUT2D eigenvalue weighted by Gasteiger charge is 2.16. The molecular weight excluding hydrogens is 272 g/mol. The molecule has 1 saturated heterocycles. The second kappa shape index (κ2) is 7.99. The van der Waals surface area contributed by atoms with Crippen molar-refractivity contribution >= 4 is 11.6 Å². The summed E-state index contributed by atoms with van der Waals surface area (Å²) in [6, 6.07) is 7.90. The first kappa shape index (κ1) is 15.8. The van der Waals surface area contributed by atoms with Gasteiger partial charge in [-0.2, -0.15) is 0 Å². The van der Waals surface area contributed by atoms with Gasteiger partial charge in [0, 0.05) is 24.2 Å². The number of ether oxygens (including phenoxy) is 1. The summed E-state index contributed by atoms with van der Waals surface area (Å²) in [6.07, 6.45) is 3.43. The highest BCUT2D eigenvalue weighted by atomic mass is 35.5. The summed E-state index contributed by atoms with van der Waals surface area (Å²) in [5.74, 6) is 0.677. The predicted octanol–water partition coefficient (Wildman–Crippen LogP) is 3.09. The Bertz CT molecular complexity index is 407. The maximum Gasteiger partial charge on any atom is 0.0506 e. The summed E-state index contributed by atoms with van der Waals surface area (Å²) < 4.78 is 5.53. The molecule has 112 valence electrons. The minimum atomic E-state index is 0.0544. The van der Waals surface area contributed by atoms with Crippen LogP contribution >= 0.6 is 11.6 Å². The van der Waals surface area contributed by atoms with E-state index in [1.807, 2.05) is 24.3 Å². The molecular formula is C16H25ClN2O. The van der Waals surface area contributed by atoms with E-state index in [-0.39, 0.29) is 6.04 Å². The van der Waals surface area contributed by atoms with E-state index >= 15 is 0 Å². The topological polar surface area (TPSA) is 38.5 Å². The van der Waals surface area contributed by atoms with Crippen molar-refractivity contribution < 1.29 is 4.74 Å². The van der Waals surface area contributed by atoms with Crippen LogP contribution in [0.25, 0.3) is 0 Å². The average molecular weight is 297 g/mol. The SMILES string of the molecule is CN(CCC(N)c1cccc(Cl)c1)CC1CCCOC1. The first-order valence-corrected chi connectivity index (χ1v) is 7.80. The van der Waals surface area contributed by atoms with Gasteiger partial charge in [-0.15, -0.1) is 0 Å². The summed E-state index contributed by atoms with van der Waals surface area (Å²) in [4.78, 5) is 2.36. The predicted molar refractivity (Wildman–Crippen MR) is 84.0 cm³/mol. The summed E-state index contributed by atoms with van der Waals surface area (Å²) in [5, 5.41) is 0.755.